The molecule has 2 heterocycles. The lowest BCUT2D eigenvalue weighted by Crippen LogP contribution is -2.15. The van der Waals surface area contributed by atoms with Gasteiger partial charge in [-0.25, -0.2) is 23.1 Å². The van der Waals surface area contributed by atoms with Gasteiger partial charge in [-0.2, -0.15) is 0 Å². The minimum absolute atomic E-state index is 0.00109. The predicted molar refractivity (Wildman–Crippen MR) is 134 cm³/mol. The molecule has 2 N–H and O–H groups in total. The maximum Gasteiger partial charge on any atom is 0.291 e. The summed E-state index contributed by atoms with van der Waals surface area (Å²) in [7, 11) is -3.87. The molecule has 0 bridgehead atoms. The second-order valence-electron chi connectivity index (χ2n) is 7.69. The Bertz CT molecular complexity index is 1610. The largest absolute Gasteiger partial charge is 0.485 e. The number of nitrogens with one attached hydrogen (secondary N) is 2. The highest BCUT2D eigenvalue weighted by molar-refractivity contribution is 7.92. The molecule has 36 heavy (non-hydrogen) atoms. The summed E-state index contributed by atoms with van der Waals surface area (Å²) in [6.07, 6.45) is 2.86. The number of amides is 1. The number of aromatic nitrogens is 2. The molecule has 3 aromatic carbocycles. The van der Waals surface area contributed by atoms with Crippen molar-refractivity contribution in [1.29, 1.82) is 0 Å². The first-order valence-electron chi connectivity index (χ1n) is 10.9. The van der Waals surface area contributed by atoms with Crippen molar-refractivity contribution < 1.29 is 22.4 Å². The standard InChI is InChI=1S/C26H20N4O5S/c31-25(29-19-9-12-21(13-10-19)36(32,33)30-26-27-15-4-16-28-26)24-14-11-20(35-24)17-34-23-8-3-6-18-5-1-2-7-22(18)23/h1-16H,17H2,(H,29,31)(H,27,28,30). The lowest BCUT2D eigenvalue weighted by molar-refractivity contribution is 0.0992. The molecule has 0 spiro atoms. The third-order valence-electron chi connectivity index (χ3n) is 5.22. The Labute approximate surface area is 206 Å². The number of hydrogen-bond acceptors (Lipinski definition) is 7. The van der Waals surface area contributed by atoms with Crippen molar-refractivity contribution in [3.8, 4) is 5.75 Å². The maximum atomic E-state index is 12.6. The number of anilines is 2. The lowest BCUT2D eigenvalue weighted by atomic mass is 10.1. The molecule has 0 aliphatic carbocycles. The van der Waals surface area contributed by atoms with Crippen LogP contribution in [0.2, 0.25) is 0 Å². The number of ether oxygens (including phenoxy) is 1. The van der Waals surface area contributed by atoms with Gasteiger partial charge in [0.05, 0.1) is 4.90 Å². The Balaban J connectivity index is 1.21. The number of sulfonamides is 1. The third kappa shape index (κ3) is 5.18. The average Bonchev–Trinajstić information content (AvgIpc) is 3.37. The van der Waals surface area contributed by atoms with E-state index in [1.807, 2.05) is 42.5 Å². The second-order valence-corrected chi connectivity index (χ2v) is 9.37. The molecule has 10 heteroatoms. The highest BCUT2D eigenvalue weighted by Crippen LogP contribution is 2.26. The van der Waals surface area contributed by atoms with E-state index in [0.29, 0.717) is 11.4 Å². The highest BCUT2D eigenvalue weighted by Gasteiger charge is 2.17. The van der Waals surface area contributed by atoms with Crippen LogP contribution in [-0.4, -0.2) is 24.3 Å². The van der Waals surface area contributed by atoms with Crippen molar-refractivity contribution in [3.05, 3.63) is 109 Å². The summed E-state index contributed by atoms with van der Waals surface area (Å²) in [6.45, 7) is 0.159. The number of nitrogens with zero attached hydrogens (tertiary/aromatic N) is 2. The molecule has 0 fully saturated rings. The van der Waals surface area contributed by atoms with Crippen LogP contribution >= 0.6 is 0 Å². The molecule has 5 rings (SSSR count). The van der Waals surface area contributed by atoms with Crippen LogP contribution in [0.25, 0.3) is 10.8 Å². The van der Waals surface area contributed by atoms with Gasteiger partial charge in [0, 0.05) is 23.5 Å². The first kappa shape index (κ1) is 23.1. The summed E-state index contributed by atoms with van der Waals surface area (Å²) in [5.41, 5.74) is 0.403. The van der Waals surface area contributed by atoms with Crippen LogP contribution in [0.5, 0.6) is 5.75 Å². The minimum Gasteiger partial charge on any atom is -0.485 e. The number of carbonyl (C=O) groups is 1. The van der Waals surface area contributed by atoms with Crippen molar-refractivity contribution in [2.24, 2.45) is 0 Å². The third-order valence-corrected chi connectivity index (χ3v) is 6.56. The number of benzene rings is 3. The molecular formula is C26H20N4O5S. The molecule has 0 saturated carbocycles. The van der Waals surface area contributed by atoms with Crippen molar-refractivity contribution in [2.75, 3.05) is 10.0 Å². The van der Waals surface area contributed by atoms with Crippen LogP contribution in [0.15, 0.2) is 107 Å². The smallest absolute Gasteiger partial charge is 0.291 e. The minimum atomic E-state index is -3.87. The van der Waals surface area contributed by atoms with Gasteiger partial charge in [0.15, 0.2) is 5.76 Å². The van der Waals surface area contributed by atoms with Crippen molar-refractivity contribution >= 4 is 38.3 Å². The number of furan rings is 1. The Morgan fingerprint density at radius 2 is 1.61 bits per heavy atom. The summed E-state index contributed by atoms with van der Waals surface area (Å²) in [6, 6.07) is 24.2. The Morgan fingerprint density at radius 3 is 2.42 bits per heavy atom. The van der Waals surface area contributed by atoms with Crippen molar-refractivity contribution in [1.82, 2.24) is 9.97 Å². The van der Waals surface area contributed by atoms with Crippen molar-refractivity contribution in [3.63, 3.8) is 0 Å². The van der Waals surface area contributed by atoms with Crippen LogP contribution < -0.4 is 14.8 Å². The summed E-state index contributed by atoms with van der Waals surface area (Å²) < 4.78 is 38.8. The zero-order valence-corrected chi connectivity index (χ0v) is 19.6. The molecule has 5 aromatic rings. The van der Waals surface area contributed by atoms with Gasteiger partial charge in [-0.15, -0.1) is 0 Å². The molecule has 0 unspecified atom stereocenters. The molecule has 9 nitrogen and oxygen atoms in total. The first-order chi connectivity index (χ1) is 17.5. The van der Waals surface area contributed by atoms with E-state index in [2.05, 4.69) is 20.0 Å². The average molecular weight is 501 g/mol. The fraction of sp³-hybridized carbons (Fsp3) is 0.0385. The second kappa shape index (κ2) is 9.88. The molecule has 1 amide bonds. The maximum absolute atomic E-state index is 12.6. The van der Waals surface area contributed by atoms with E-state index >= 15 is 0 Å². The van der Waals surface area contributed by atoms with E-state index in [1.54, 1.807) is 18.2 Å². The Morgan fingerprint density at radius 1 is 0.861 bits per heavy atom. The van der Waals surface area contributed by atoms with E-state index in [1.165, 1.54) is 36.7 Å². The number of fused-ring (bicyclic) bond motifs is 1. The topological polar surface area (TPSA) is 123 Å². The van der Waals surface area contributed by atoms with E-state index in [4.69, 9.17) is 9.15 Å². The van der Waals surface area contributed by atoms with Gasteiger partial charge in [-0.1, -0.05) is 36.4 Å². The number of rotatable bonds is 8. The van der Waals surface area contributed by atoms with E-state index in [0.717, 1.165) is 16.5 Å². The first-order valence-corrected chi connectivity index (χ1v) is 12.4. The zero-order chi connectivity index (χ0) is 25.0. The highest BCUT2D eigenvalue weighted by atomic mass is 32.2. The zero-order valence-electron chi connectivity index (χ0n) is 18.8. The summed E-state index contributed by atoms with van der Waals surface area (Å²) in [5, 5.41) is 4.74. The lowest BCUT2D eigenvalue weighted by Gasteiger charge is -2.08. The molecule has 0 radical (unpaired) electrons. The molecule has 0 saturated heterocycles. The Hall–Kier alpha value is -4.70. The van der Waals surface area contributed by atoms with Crippen LogP contribution in [0, 0.1) is 0 Å². The normalized spacial score (nSPS) is 11.2. The quantitative estimate of drug-likeness (QED) is 0.312. The van der Waals surface area contributed by atoms with Gasteiger partial charge in [0.1, 0.15) is 18.1 Å². The van der Waals surface area contributed by atoms with Crippen LogP contribution in [0.3, 0.4) is 0 Å². The molecule has 180 valence electrons. The van der Waals surface area contributed by atoms with Crippen LogP contribution in [0.1, 0.15) is 16.3 Å². The van der Waals surface area contributed by atoms with Gasteiger partial charge in [0.25, 0.3) is 15.9 Å². The monoisotopic (exact) mass is 500 g/mol. The molecular weight excluding hydrogens is 480 g/mol. The molecule has 0 aliphatic rings. The molecule has 2 aromatic heterocycles. The van der Waals surface area contributed by atoms with Crippen molar-refractivity contribution in [2.45, 2.75) is 11.5 Å². The van der Waals surface area contributed by atoms with Gasteiger partial charge in [0.2, 0.25) is 5.95 Å². The summed E-state index contributed by atoms with van der Waals surface area (Å²) in [5.74, 6) is 0.805. The number of hydrogen-bond donors (Lipinski definition) is 2. The van der Waals surface area contributed by atoms with Gasteiger partial charge >= 0.3 is 0 Å². The van der Waals surface area contributed by atoms with Crippen LogP contribution in [0.4, 0.5) is 11.6 Å². The number of carbonyl (C=O) groups excluding carboxylic acids is 1. The molecule has 0 atom stereocenters. The summed E-state index contributed by atoms with van der Waals surface area (Å²) in [4.78, 5) is 20.3. The van der Waals surface area contributed by atoms with Gasteiger partial charge < -0.3 is 14.5 Å². The Kier molecular flexibility index (Phi) is 6.33. The SMILES string of the molecule is O=C(Nc1ccc(S(=O)(=O)Nc2ncccn2)cc1)c1ccc(COc2cccc3ccccc23)o1. The van der Waals surface area contributed by atoms with E-state index in [9.17, 15) is 13.2 Å². The molecule has 0 aliphatic heterocycles. The summed E-state index contributed by atoms with van der Waals surface area (Å²) >= 11 is 0. The predicted octanol–water partition coefficient (Wildman–Crippen LogP) is 4.85. The fourth-order valence-corrected chi connectivity index (χ4v) is 4.45. The van der Waals surface area contributed by atoms with Gasteiger partial charge in [-0.3, -0.25) is 4.79 Å². The van der Waals surface area contributed by atoms with Gasteiger partial charge in [-0.05, 0) is 53.9 Å². The van der Waals surface area contributed by atoms with E-state index in [-0.39, 0.29) is 23.2 Å². The van der Waals surface area contributed by atoms with E-state index < -0.39 is 15.9 Å². The fourth-order valence-electron chi connectivity index (χ4n) is 3.49. The van der Waals surface area contributed by atoms with Crippen LogP contribution in [-0.2, 0) is 16.6 Å².